The van der Waals surface area contributed by atoms with Gasteiger partial charge in [-0.2, -0.15) is 0 Å². The van der Waals surface area contributed by atoms with Crippen LogP contribution in [-0.2, 0) is 4.79 Å². The Balaban J connectivity index is 0. The second kappa shape index (κ2) is 8.05. The summed E-state index contributed by atoms with van der Waals surface area (Å²) in [5.74, 6) is -0.556. The van der Waals surface area contributed by atoms with Crippen molar-refractivity contribution in [3.05, 3.63) is 0 Å². The minimum atomic E-state index is -0.913. The normalized spacial score (nSPS) is 11.3. The Morgan fingerprint density at radius 2 is 1.67 bits per heavy atom. The number of hydrogen-bond donors (Lipinski definition) is 3. The Morgan fingerprint density at radius 3 is 1.73 bits per heavy atom. The second-order valence-electron chi connectivity index (χ2n) is 3.81. The molecule has 0 radical (unpaired) electrons. The molecule has 0 bridgehead atoms. The summed E-state index contributed by atoms with van der Waals surface area (Å²) in [4.78, 5) is 21.3. The minimum absolute atomic E-state index is 0.357. The van der Waals surface area contributed by atoms with Gasteiger partial charge < -0.3 is 21.5 Å². The fraction of sp³-hybridized carbons (Fsp3) is 0.778. The second-order valence-corrected chi connectivity index (χ2v) is 3.81. The Morgan fingerprint density at radius 1 is 1.33 bits per heavy atom. The highest BCUT2D eigenvalue weighted by Crippen LogP contribution is 2.01. The van der Waals surface area contributed by atoms with Crippen LogP contribution in [0.25, 0.3) is 0 Å². The number of hydrogen-bond acceptors (Lipinski definition) is 3. The molecule has 0 aromatic heterocycles. The predicted molar refractivity (Wildman–Crippen MR) is 58.3 cm³/mol. The van der Waals surface area contributed by atoms with Crippen LogP contribution in [0.1, 0.15) is 20.3 Å². The zero-order valence-corrected chi connectivity index (χ0v) is 9.73. The molecule has 0 aliphatic heterocycles. The molecule has 0 unspecified atom stereocenters. The summed E-state index contributed by atoms with van der Waals surface area (Å²) in [7, 11) is 3.20. The quantitative estimate of drug-likeness (QED) is 0.624. The first kappa shape index (κ1) is 16.1. The van der Waals surface area contributed by atoms with E-state index in [4.69, 9.17) is 16.6 Å². The van der Waals surface area contributed by atoms with Crippen LogP contribution in [0.2, 0.25) is 0 Å². The van der Waals surface area contributed by atoms with Crippen molar-refractivity contribution < 1.29 is 14.7 Å². The maximum atomic E-state index is 10.1. The number of primary amides is 1. The lowest BCUT2D eigenvalue weighted by atomic mass is 10.1. The summed E-state index contributed by atoms with van der Waals surface area (Å²) in [6, 6.07) is -1.10. The Labute approximate surface area is 90.2 Å². The van der Waals surface area contributed by atoms with Gasteiger partial charge in [0.25, 0.3) is 0 Å². The van der Waals surface area contributed by atoms with Gasteiger partial charge in [0, 0.05) is 14.1 Å². The molecule has 1 atom stereocenters. The van der Waals surface area contributed by atoms with Gasteiger partial charge in [-0.05, 0) is 12.3 Å². The van der Waals surface area contributed by atoms with Crippen molar-refractivity contribution in [1.29, 1.82) is 0 Å². The zero-order valence-electron chi connectivity index (χ0n) is 9.73. The summed E-state index contributed by atoms with van der Waals surface area (Å²) >= 11 is 0. The molecule has 0 saturated heterocycles. The van der Waals surface area contributed by atoms with Crippen LogP contribution in [0, 0.1) is 5.92 Å². The minimum Gasteiger partial charge on any atom is -0.480 e. The highest BCUT2D eigenvalue weighted by Gasteiger charge is 2.11. The van der Waals surface area contributed by atoms with Crippen molar-refractivity contribution in [3.8, 4) is 0 Å². The van der Waals surface area contributed by atoms with Gasteiger partial charge in [-0.25, -0.2) is 4.79 Å². The van der Waals surface area contributed by atoms with Crippen LogP contribution in [0.3, 0.4) is 0 Å². The van der Waals surface area contributed by atoms with Gasteiger partial charge in [0.2, 0.25) is 0 Å². The van der Waals surface area contributed by atoms with E-state index in [1.165, 1.54) is 4.90 Å². The number of aliphatic carboxylic acids is 1. The summed E-state index contributed by atoms with van der Waals surface area (Å²) in [5, 5.41) is 8.31. The number of carboxylic acid groups (broad SMARTS) is 1. The van der Waals surface area contributed by atoms with Crippen LogP contribution in [0.15, 0.2) is 0 Å². The molecule has 15 heavy (non-hydrogen) atoms. The number of carboxylic acids is 1. The first-order valence-corrected chi connectivity index (χ1v) is 4.63. The van der Waals surface area contributed by atoms with Crippen LogP contribution < -0.4 is 11.5 Å². The van der Waals surface area contributed by atoms with Crippen molar-refractivity contribution in [2.75, 3.05) is 14.1 Å². The van der Waals surface area contributed by atoms with Crippen molar-refractivity contribution in [1.82, 2.24) is 4.90 Å². The third-order valence-electron chi connectivity index (χ3n) is 1.48. The summed E-state index contributed by atoms with van der Waals surface area (Å²) in [6.07, 6.45) is 0.551. The molecule has 0 aromatic carbocycles. The van der Waals surface area contributed by atoms with Crippen molar-refractivity contribution in [3.63, 3.8) is 0 Å². The van der Waals surface area contributed by atoms with E-state index in [0.29, 0.717) is 12.3 Å². The van der Waals surface area contributed by atoms with Crippen LogP contribution >= 0.6 is 0 Å². The van der Waals surface area contributed by atoms with E-state index in [9.17, 15) is 9.59 Å². The third kappa shape index (κ3) is 12.7. The van der Waals surface area contributed by atoms with Gasteiger partial charge in [-0.3, -0.25) is 4.79 Å². The number of urea groups is 1. The summed E-state index contributed by atoms with van der Waals surface area (Å²) in [5.41, 5.74) is 9.94. The molecule has 0 aliphatic rings. The van der Waals surface area contributed by atoms with Gasteiger partial charge in [0.1, 0.15) is 6.04 Å². The molecule has 6 heteroatoms. The number of amides is 2. The first-order valence-electron chi connectivity index (χ1n) is 4.63. The SMILES string of the molecule is CC(C)C[C@H](N)C(=O)O.CN(C)C(N)=O. The van der Waals surface area contributed by atoms with E-state index in [1.807, 2.05) is 13.8 Å². The maximum absolute atomic E-state index is 10.1. The number of carbonyl (C=O) groups is 2. The van der Waals surface area contributed by atoms with E-state index < -0.39 is 18.0 Å². The van der Waals surface area contributed by atoms with Crippen molar-refractivity contribution in [2.24, 2.45) is 17.4 Å². The Kier molecular flexibility index (Phi) is 8.66. The average Bonchev–Trinajstić information content (AvgIpc) is 2.03. The molecule has 0 heterocycles. The number of nitrogens with two attached hydrogens (primary N) is 2. The van der Waals surface area contributed by atoms with Gasteiger partial charge in [-0.1, -0.05) is 13.8 Å². The third-order valence-corrected chi connectivity index (χ3v) is 1.48. The molecule has 0 saturated carbocycles. The first-order chi connectivity index (χ1) is 6.68. The molecular weight excluding hydrogens is 198 g/mol. The average molecular weight is 219 g/mol. The van der Waals surface area contributed by atoms with Gasteiger partial charge in [0.15, 0.2) is 0 Å². The number of nitrogens with zero attached hydrogens (tertiary/aromatic N) is 1. The van der Waals surface area contributed by atoms with Crippen molar-refractivity contribution >= 4 is 12.0 Å². The van der Waals surface area contributed by atoms with Crippen LogP contribution in [0.4, 0.5) is 4.79 Å². The fourth-order valence-electron chi connectivity index (χ4n) is 0.609. The lowest BCUT2D eigenvalue weighted by Gasteiger charge is -2.07. The standard InChI is InChI=1S/C6H13NO2.C3H8N2O/c1-4(2)3-5(7)6(8)9;1-5(2)3(4)6/h4-5H,3,7H2,1-2H3,(H,8,9);1-2H3,(H2,4,6)/t5-;/m0./s1. The Bertz CT molecular complexity index is 205. The maximum Gasteiger partial charge on any atom is 0.320 e. The fourth-order valence-corrected chi connectivity index (χ4v) is 0.609. The van der Waals surface area contributed by atoms with Crippen LogP contribution in [-0.4, -0.2) is 42.1 Å². The monoisotopic (exact) mass is 219 g/mol. The molecule has 6 nitrogen and oxygen atoms in total. The highest BCUT2D eigenvalue weighted by atomic mass is 16.4. The van der Waals surface area contributed by atoms with E-state index in [0.717, 1.165) is 0 Å². The molecule has 2 amide bonds. The number of carbonyl (C=O) groups excluding carboxylic acids is 1. The van der Waals surface area contributed by atoms with Crippen molar-refractivity contribution in [2.45, 2.75) is 26.3 Å². The smallest absolute Gasteiger partial charge is 0.320 e. The largest absolute Gasteiger partial charge is 0.480 e. The molecule has 0 aromatic rings. The van der Waals surface area contributed by atoms with Gasteiger partial charge in [0.05, 0.1) is 0 Å². The van der Waals surface area contributed by atoms with E-state index >= 15 is 0 Å². The van der Waals surface area contributed by atoms with Gasteiger partial charge >= 0.3 is 12.0 Å². The topological polar surface area (TPSA) is 110 Å². The molecule has 5 N–H and O–H groups in total. The number of rotatable bonds is 3. The molecule has 0 fully saturated rings. The lowest BCUT2D eigenvalue weighted by Crippen LogP contribution is -2.31. The van der Waals surface area contributed by atoms with Crippen LogP contribution in [0.5, 0.6) is 0 Å². The summed E-state index contributed by atoms with van der Waals surface area (Å²) < 4.78 is 0. The van der Waals surface area contributed by atoms with E-state index in [-0.39, 0.29) is 0 Å². The molecule has 0 rings (SSSR count). The summed E-state index contributed by atoms with van der Waals surface area (Å²) in [6.45, 7) is 3.89. The van der Waals surface area contributed by atoms with Gasteiger partial charge in [-0.15, -0.1) is 0 Å². The zero-order chi connectivity index (χ0) is 12.6. The molecular formula is C9H21N3O3. The molecule has 0 spiro atoms. The lowest BCUT2D eigenvalue weighted by molar-refractivity contribution is -0.138. The van der Waals surface area contributed by atoms with E-state index in [2.05, 4.69) is 0 Å². The molecule has 90 valence electrons. The highest BCUT2D eigenvalue weighted by molar-refractivity contribution is 5.73. The van der Waals surface area contributed by atoms with E-state index in [1.54, 1.807) is 14.1 Å². The Hall–Kier alpha value is -1.30. The predicted octanol–water partition coefficient (Wildman–Crippen LogP) is 0.0711. The molecule has 0 aliphatic carbocycles.